The summed E-state index contributed by atoms with van der Waals surface area (Å²) in [5.74, 6) is -0.365. The Morgan fingerprint density at radius 1 is 1.53 bits per heavy atom. The lowest BCUT2D eigenvalue weighted by Gasteiger charge is -2.11. The summed E-state index contributed by atoms with van der Waals surface area (Å²) in [6, 6.07) is -0.788. The lowest BCUT2D eigenvalue weighted by Crippen LogP contribution is -2.44. The topological polar surface area (TPSA) is 88.2 Å². The second-order valence-corrected chi connectivity index (χ2v) is 7.03. The van der Waals surface area contributed by atoms with E-state index < -0.39 is 16.1 Å². The fourth-order valence-corrected chi connectivity index (χ4v) is 3.11. The van der Waals surface area contributed by atoms with Crippen molar-refractivity contribution in [1.82, 2.24) is 15.0 Å². The predicted octanol–water partition coefficient (Wildman–Crippen LogP) is 0.649. The largest absolute Gasteiger partial charge is 0.349 e. The molecule has 0 saturated carbocycles. The van der Waals surface area contributed by atoms with Gasteiger partial charge in [0.2, 0.25) is 15.9 Å². The van der Waals surface area contributed by atoms with E-state index in [1.807, 2.05) is 5.38 Å². The maximum atomic E-state index is 11.7. The molecule has 8 heteroatoms. The zero-order chi connectivity index (χ0) is 14.5. The van der Waals surface area contributed by atoms with Gasteiger partial charge in [-0.25, -0.2) is 18.1 Å². The molecule has 1 aromatic rings. The van der Waals surface area contributed by atoms with Crippen LogP contribution in [0.1, 0.15) is 31.0 Å². The molecule has 1 aromatic heterocycles. The monoisotopic (exact) mass is 305 g/mol. The van der Waals surface area contributed by atoms with E-state index in [9.17, 15) is 13.2 Å². The average Bonchev–Trinajstić information content (AvgIpc) is 2.72. The number of hydrogen-bond donors (Lipinski definition) is 2. The molecular formula is C11H19N3O3S2. The highest BCUT2D eigenvalue weighted by atomic mass is 32.2. The van der Waals surface area contributed by atoms with Crippen LogP contribution in [0.2, 0.25) is 0 Å². The van der Waals surface area contributed by atoms with Crippen molar-refractivity contribution < 1.29 is 13.2 Å². The molecule has 0 aromatic carbocycles. The Bertz CT molecular complexity index is 525. The SMILES string of the molecule is CCCc1nc(CNC(=O)C(C)NS(C)(=O)=O)cs1. The van der Waals surface area contributed by atoms with Gasteiger partial charge in [-0.2, -0.15) is 0 Å². The number of aryl methyl sites for hydroxylation is 1. The fourth-order valence-electron chi connectivity index (χ4n) is 1.46. The molecule has 0 radical (unpaired) electrons. The van der Waals surface area contributed by atoms with Gasteiger partial charge in [0.15, 0.2) is 0 Å². The highest BCUT2D eigenvalue weighted by Gasteiger charge is 2.16. The van der Waals surface area contributed by atoms with Crippen molar-refractivity contribution in [2.75, 3.05) is 6.26 Å². The molecule has 2 N–H and O–H groups in total. The second-order valence-electron chi connectivity index (χ2n) is 4.31. The van der Waals surface area contributed by atoms with Crippen molar-refractivity contribution in [2.45, 2.75) is 39.3 Å². The quantitative estimate of drug-likeness (QED) is 0.774. The van der Waals surface area contributed by atoms with E-state index in [4.69, 9.17) is 0 Å². The molecule has 1 rings (SSSR count). The van der Waals surface area contributed by atoms with Crippen LogP contribution in [0, 0.1) is 0 Å². The zero-order valence-electron chi connectivity index (χ0n) is 11.3. The highest BCUT2D eigenvalue weighted by molar-refractivity contribution is 7.88. The molecule has 1 heterocycles. The van der Waals surface area contributed by atoms with Gasteiger partial charge in [0.1, 0.15) is 0 Å². The van der Waals surface area contributed by atoms with Crippen LogP contribution in [0.4, 0.5) is 0 Å². The Hall–Kier alpha value is -0.990. The number of sulfonamides is 1. The first-order valence-corrected chi connectivity index (χ1v) is 8.77. The molecule has 0 saturated heterocycles. The summed E-state index contributed by atoms with van der Waals surface area (Å²) in [7, 11) is -3.38. The normalized spacial score (nSPS) is 13.2. The van der Waals surface area contributed by atoms with Gasteiger partial charge in [0.25, 0.3) is 0 Å². The minimum absolute atomic E-state index is 0.314. The van der Waals surface area contributed by atoms with E-state index >= 15 is 0 Å². The van der Waals surface area contributed by atoms with Gasteiger partial charge in [0.05, 0.1) is 29.5 Å². The van der Waals surface area contributed by atoms with Gasteiger partial charge in [0, 0.05) is 5.38 Å². The van der Waals surface area contributed by atoms with E-state index in [1.165, 1.54) is 6.92 Å². The lowest BCUT2D eigenvalue weighted by atomic mass is 10.3. The Labute approximate surface area is 117 Å². The number of thiazole rings is 1. The third-order valence-corrected chi connectivity index (χ3v) is 4.03. The number of nitrogens with zero attached hydrogens (tertiary/aromatic N) is 1. The first-order valence-electron chi connectivity index (χ1n) is 6.00. The van der Waals surface area contributed by atoms with E-state index in [2.05, 4.69) is 21.9 Å². The van der Waals surface area contributed by atoms with Crippen LogP contribution in [-0.4, -0.2) is 31.6 Å². The molecule has 0 bridgehead atoms. The van der Waals surface area contributed by atoms with Crippen molar-refractivity contribution >= 4 is 27.3 Å². The van der Waals surface area contributed by atoms with Gasteiger partial charge in [-0.3, -0.25) is 4.79 Å². The third kappa shape index (κ3) is 6.13. The van der Waals surface area contributed by atoms with Gasteiger partial charge in [-0.1, -0.05) is 6.92 Å². The molecule has 108 valence electrons. The van der Waals surface area contributed by atoms with E-state index in [-0.39, 0.29) is 5.91 Å². The fraction of sp³-hybridized carbons (Fsp3) is 0.636. The summed E-state index contributed by atoms with van der Waals surface area (Å²) in [5, 5.41) is 5.61. The molecule has 0 aliphatic rings. The van der Waals surface area contributed by atoms with Gasteiger partial charge in [-0.05, 0) is 19.8 Å². The minimum atomic E-state index is -3.38. The Morgan fingerprint density at radius 3 is 2.79 bits per heavy atom. The van der Waals surface area contributed by atoms with Crippen LogP contribution in [-0.2, 0) is 27.8 Å². The zero-order valence-corrected chi connectivity index (χ0v) is 12.9. The smallest absolute Gasteiger partial charge is 0.238 e. The van der Waals surface area contributed by atoms with Crippen molar-refractivity contribution in [3.8, 4) is 0 Å². The first-order chi connectivity index (χ1) is 8.81. The average molecular weight is 305 g/mol. The molecule has 19 heavy (non-hydrogen) atoms. The Balaban J connectivity index is 2.44. The van der Waals surface area contributed by atoms with Crippen LogP contribution in [0.15, 0.2) is 5.38 Å². The van der Waals surface area contributed by atoms with Gasteiger partial charge in [-0.15, -0.1) is 11.3 Å². The van der Waals surface area contributed by atoms with E-state index in [1.54, 1.807) is 11.3 Å². The van der Waals surface area contributed by atoms with Crippen molar-refractivity contribution in [1.29, 1.82) is 0 Å². The van der Waals surface area contributed by atoms with Crippen LogP contribution in [0.3, 0.4) is 0 Å². The number of hydrogen-bond acceptors (Lipinski definition) is 5. The standard InChI is InChI=1S/C11H19N3O3S2/c1-4-5-10-13-9(7-18-10)6-12-11(15)8(2)14-19(3,16)17/h7-8,14H,4-6H2,1-3H3,(H,12,15). The van der Waals surface area contributed by atoms with Gasteiger partial charge >= 0.3 is 0 Å². The molecule has 0 aliphatic heterocycles. The molecule has 0 aliphatic carbocycles. The molecule has 0 spiro atoms. The third-order valence-electron chi connectivity index (χ3n) is 2.29. The Morgan fingerprint density at radius 2 is 2.21 bits per heavy atom. The Kier molecular flexibility index (Phi) is 5.89. The molecule has 6 nitrogen and oxygen atoms in total. The number of rotatable bonds is 7. The maximum Gasteiger partial charge on any atom is 0.238 e. The van der Waals surface area contributed by atoms with Crippen LogP contribution >= 0.6 is 11.3 Å². The number of amides is 1. The summed E-state index contributed by atoms with van der Waals surface area (Å²) < 4.78 is 24.2. The lowest BCUT2D eigenvalue weighted by molar-refractivity contribution is -0.122. The van der Waals surface area contributed by atoms with E-state index in [0.29, 0.717) is 6.54 Å². The molecule has 1 amide bonds. The highest BCUT2D eigenvalue weighted by Crippen LogP contribution is 2.11. The first kappa shape index (κ1) is 16.1. The summed E-state index contributed by atoms with van der Waals surface area (Å²) in [5.41, 5.74) is 0.799. The summed E-state index contributed by atoms with van der Waals surface area (Å²) in [6.07, 6.45) is 2.99. The second kappa shape index (κ2) is 6.97. The molecule has 1 unspecified atom stereocenters. The molecule has 0 fully saturated rings. The summed E-state index contributed by atoms with van der Waals surface area (Å²) >= 11 is 1.57. The van der Waals surface area contributed by atoms with Crippen molar-refractivity contribution in [3.63, 3.8) is 0 Å². The van der Waals surface area contributed by atoms with Crippen LogP contribution < -0.4 is 10.0 Å². The molecule has 1 atom stereocenters. The predicted molar refractivity (Wildman–Crippen MR) is 75.4 cm³/mol. The summed E-state index contributed by atoms with van der Waals surface area (Å²) in [6.45, 7) is 3.90. The number of nitrogens with one attached hydrogen (secondary N) is 2. The van der Waals surface area contributed by atoms with Crippen molar-refractivity contribution in [3.05, 3.63) is 16.1 Å². The van der Waals surface area contributed by atoms with Gasteiger partial charge < -0.3 is 5.32 Å². The van der Waals surface area contributed by atoms with E-state index in [0.717, 1.165) is 29.8 Å². The molecular weight excluding hydrogens is 286 g/mol. The number of carbonyl (C=O) groups excluding carboxylic acids is 1. The van der Waals surface area contributed by atoms with Crippen molar-refractivity contribution in [2.24, 2.45) is 0 Å². The minimum Gasteiger partial charge on any atom is -0.349 e. The number of aromatic nitrogens is 1. The number of carbonyl (C=O) groups is 1. The summed E-state index contributed by atoms with van der Waals surface area (Å²) in [4.78, 5) is 16.0. The maximum absolute atomic E-state index is 11.7. The van der Waals surface area contributed by atoms with Crippen LogP contribution in [0.5, 0.6) is 0 Å². The van der Waals surface area contributed by atoms with Crippen LogP contribution in [0.25, 0.3) is 0 Å².